The van der Waals surface area contributed by atoms with Gasteiger partial charge in [0.15, 0.2) is 12.4 Å². The number of thiol groups is 1. The molecule has 0 bridgehead atoms. The highest BCUT2D eigenvalue weighted by molar-refractivity contribution is 7.84. The monoisotopic (exact) mass is 504 g/mol. The van der Waals surface area contributed by atoms with Crippen molar-refractivity contribution in [2.24, 2.45) is 0 Å². The number of hydrogen-bond donors (Lipinski definition) is 3. The number of aromatic nitrogens is 1. The second-order valence-electron chi connectivity index (χ2n) is 8.25. The Bertz CT molecular complexity index is 1470. The molecular formula is C27H20Cl2N3OS+. The van der Waals surface area contributed by atoms with E-state index in [2.05, 4.69) is 24.0 Å². The third kappa shape index (κ3) is 3.83. The minimum Gasteiger partial charge on any atom is -0.362 e. The highest BCUT2D eigenvalue weighted by Crippen LogP contribution is 2.48. The van der Waals surface area contributed by atoms with E-state index in [0.717, 1.165) is 16.3 Å². The van der Waals surface area contributed by atoms with E-state index in [1.807, 2.05) is 83.7 Å². The van der Waals surface area contributed by atoms with Crippen LogP contribution in [0.1, 0.15) is 23.1 Å². The minimum absolute atomic E-state index is 0.308. The summed E-state index contributed by atoms with van der Waals surface area (Å²) >= 11 is 17.2. The number of nitrogens with zero attached hydrogens (tertiary/aromatic N) is 2. The molecule has 0 spiro atoms. The first-order valence-electron chi connectivity index (χ1n) is 10.7. The van der Waals surface area contributed by atoms with Crippen LogP contribution in [0.2, 0.25) is 10.0 Å². The van der Waals surface area contributed by atoms with Gasteiger partial charge in [0.1, 0.15) is 0 Å². The van der Waals surface area contributed by atoms with E-state index in [1.165, 1.54) is 0 Å². The molecule has 2 heterocycles. The number of pyridine rings is 1. The highest BCUT2D eigenvalue weighted by Gasteiger charge is 2.55. The summed E-state index contributed by atoms with van der Waals surface area (Å²) < 4.78 is 1.95. The molecule has 1 aliphatic rings. The molecule has 1 aliphatic heterocycles. The van der Waals surface area contributed by atoms with Gasteiger partial charge < -0.3 is 10.4 Å². The van der Waals surface area contributed by atoms with Crippen LogP contribution in [0.15, 0.2) is 102 Å². The number of benzene rings is 3. The molecular weight excluding hydrogens is 485 g/mol. The minimum atomic E-state index is -1.58. The van der Waals surface area contributed by atoms with Gasteiger partial charge in [0.25, 0.3) is 0 Å². The van der Waals surface area contributed by atoms with Crippen molar-refractivity contribution in [1.82, 2.24) is 5.32 Å². The van der Waals surface area contributed by atoms with Crippen molar-refractivity contribution in [2.45, 2.75) is 17.7 Å². The molecule has 4 aromatic rings. The summed E-state index contributed by atoms with van der Waals surface area (Å²) in [5.41, 5.74) is 0.212. The largest absolute Gasteiger partial charge is 0.362 e. The number of rotatable bonds is 3. The molecule has 2 N–H and O–H groups in total. The van der Waals surface area contributed by atoms with Gasteiger partial charge in [-0.3, -0.25) is 0 Å². The average Bonchev–Trinajstić information content (AvgIpc) is 2.85. The van der Waals surface area contributed by atoms with E-state index in [9.17, 15) is 10.4 Å². The zero-order chi connectivity index (χ0) is 23.9. The molecule has 0 saturated carbocycles. The lowest BCUT2D eigenvalue weighted by Gasteiger charge is -2.42. The summed E-state index contributed by atoms with van der Waals surface area (Å²) in [6, 6.07) is 26.3. The van der Waals surface area contributed by atoms with E-state index in [4.69, 9.17) is 23.2 Å². The Morgan fingerprint density at radius 2 is 1.65 bits per heavy atom. The SMILES string of the molecule is N#CC1=C(S)N[C@@](O)(c2ccccc2)[C@H]([n+]2ccc3ccccc3c2)[C@H]1c1ccc(Cl)c(Cl)c1. The summed E-state index contributed by atoms with van der Waals surface area (Å²) in [5, 5.41) is 28.7. The maximum Gasteiger partial charge on any atom is 0.227 e. The molecule has 0 saturated heterocycles. The van der Waals surface area contributed by atoms with Crippen molar-refractivity contribution >= 4 is 46.6 Å². The van der Waals surface area contributed by atoms with Crippen molar-refractivity contribution in [1.29, 1.82) is 5.26 Å². The van der Waals surface area contributed by atoms with Crippen molar-refractivity contribution in [3.05, 3.63) is 123 Å². The molecule has 3 atom stereocenters. The average molecular weight is 505 g/mol. The van der Waals surface area contributed by atoms with Gasteiger partial charge in [-0.2, -0.15) is 9.83 Å². The molecule has 5 rings (SSSR count). The first-order chi connectivity index (χ1) is 16.4. The van der Waals surface area contributed by atoms with Crippen LogP contribution in [-0.2, 0) is 5.72 Å². The van der Waals surface area contributed by atoms with E-state index in [0.29, 0.717) is 26.2 Å². The van der Waals surface area contributed by atoms with Crippen molar-refractivity contribution in [3.8, 4) is 6.07 Å². The topological polar surface area (TPSA) is 59.9 Å². The fourth-order valence-electron chi connectivity index (χ4n) is 4.69. The summed E-state index contributed by atoms with van der Waals surface area (Å²) in [4.78, 5) is 0. The molecule has 0 fully saturated rings. The van der Waals surface area contributed by atoms with Crippen LogP contribution < -0.4 is 9.88 Å². The number of nitriles is 1. The molecule has 3 aromatic carbocycles. The number of nitrogens with one attached hydrogen (secondary N) is 1. The van der Waals surface area contributed by atoms with Crippen molar-refractivity contribution in [2.75, 3.05) is 0 Å². The number of halogens is 2. The van der Waals surface area contributed by atoms with E-state index in [1.54, 1.807) is 12.1 Å². The van der Waals surface area contributed by atoms with E-state index >= 15 is 0 Å². The summed E-state index contributed by atoms with van der Waals surface area (Å²) in [7, 11) is 0. The van der Waals surface area contributed by atoms with Gasteiger partial charge in [0.05, 0.1) is 32.6 Å². The zero-order valence-corrected chi connectivity index (χ0v) is 20.3. The highest BCUT2D eigenvalue weighted by atomic mass is 35.5. The molecule has 168 valence electrons. The summed E-state index contributed by atoms with van der Waals surface area (Å²) in [6.45, 7) is 0. The van der Waals surface area contributed by atoms with Crippen LogP contribution in [0.3, 0.4) is 0 Å². The molecule has 0 radical (unpaired) electrons. The Labute approximate surface area is 213 Å². The van der Waals surface area contributed by atoms with Gasteiger partial charge in [-0.1, -0.05) is 77.8 Å². The standard InChI is InChI=1S/C27H19Cl2N3OS/c28-22-11-10-18(14-23(22)29)24-21(15-30)26(34)31-27(33,20-8-2-1-3-9-20)25(24)32-13-12-17-6-4-5-7-19(17)16-32/h1-14,16,24-25,31,33H/p+1/t24-,25+,27+/m0/s1. The fraction of sp³-hybridized carbons (Fsp3) is 0.111. The van der Waals surface area contributed by atoms with Crippen molar-refractivity contribution in [3.63, 3.8) is 0 Å². The van der Waals surface area contributed by atoms with Crippen LogP contribution in [0.25, 0.3) is 10.8 Å². The summed E-state index contributed by atoms with van der Waals surface area (Å²) in [5.74, 6) is -0.565. The Morgan fingerprint density at radius 1 is 0.941 bits per heavy atom. The van der Waals surface area contributed by atoms with E-state index < -0.39 is 17.7 Å². The molecule has 4 nitrogen and oxygen atoms in total. The number of hydrogen-bond acceptors (Lipinski definition) is 4. The maximum atomic E-state index is 12.3. The zero-order valence-electron chi connectivity index (χ0n) is 17.9. The van der Waals surface area contributed by atoms with Crippen molar-refractivity contribution < 1.29 is 9.67 Å². The smallest absolute Gasteiger partial charge is 0.227 e. The Hall–Kier alpha value is -3.01. The third-order valence-corrected chi connectivity index (χ3v) is 7.38. The Balaban J connectivity index is 1.82. The molecule has 7 heteroatoms. The second-order valence-corrected chi connectivity index (χ2v) is 9.51. The number of fused-ring (bicyclic) bond motifs is 1. The van der Waals surface area contributed by atoms with Crippen LogP contribution >= 0.6 is 35.8 Å². The van der Waals surface area contributed by atoms with Gasteiger partial charge in [-0.05, 0) is 29.1 Å². The molecule has 0 amide bonds. The van der Waals surface area contributed by atoms with Gasteiger partial charge in [-0.15, -0.1) is 12.6 Å². The molecule has 0 aliphatic carbocycles. The van der Waals surface area contributed by atoms with Gasteiger partial charge in [-0.25, -0.2) is 0 Å². The lowest BCUT2D eigenvalue weighted by Crippen LogP contribution is -2.62. The van der Waals surface area contributed by atoms with Gasteiger partial charge in [0, 0.05) is 17.0 Å². The summed E-state index contributed by atoms with van der Waals surface area (Å²) in [6.07, 6.45) is 3.91. The first kappa shape index (κ1) is 22.8. The second kappa shape index (κ2) is 8.98. The lowest BCUT2D eigenvalue weighted by atomic mass is 9.75. The lowest BCUT2D eigenvalue weighted by molar-refractivity contribution is -0.742. The Kier molecular flexibility index (Phi) is 6.01. The quantitative estimate of drug-likeness (QED) is 0.241. The molecule has 1 aromatic heterocycles. The molecule has 34 heavy (non-hydrogen) atoms. The maximum absolute atomic E-state index is 12.3. The van der Waals surface area contributed by atoms with E-state index in [-0.39, 0.29) is 0 Å². The van der Waals surface area contributed by atoms with Crippen LogP contribution in [0.5, 0.6) is 0 Å². The predicted molar refractivity (Wildman–Crippen MR) is 137 cm³/mol. The normalized spacial score (nSPS) is 22.3. The first-order valence-corrected chi connectivity index (χ1v) is 11.9. The third-order valence-electron chi connectivity index (χ3n) is 6.29. The predicted octanol–water partition coefficient (Wildman–Crippen LogP) is 5.87. The van der Waals surface area contributed by atoms with Crippen LogP contribution in [-0.4, -0.2) is 5.11 Å². The Morgan fingerprint density at radius 3 is 2.35 bits per heavy atom. The van der Waals surface area contributed by atoms with Gasteiger partial charge in [0.2, 0.25) is 11.8 Å². The van der Waals surface area contributed by atoms with Crippen LogP contribution in [0, 0.1) is 11.3 Å². The molecule has 0 unspecified atom stereocenters. The number of allylic oxidation sites excluding steroid dienone is 1. The number of aliphatic hydroxyl groups is 1. The van der Waals surface area contributed by atoms with Gasteiger partial charge >= 0.3 is 0 Å². The fourth-order valence-corrected chi connectivity index (χ4v) is 5.36. The van der Waals surface area contributed by atoms with Crippen LogP contribution in [0.4, 0.5) is 0 Å².